The average molecular weight is 515 g/mol. The summed E-state index contributed by atoms with van der Waals surface area (Å²) in [7, 11) is 0. The van der Waals surface area contributed by atoms with Gasteiger partial charge in [-0.25, -0.2) is 4.79 Å². The van der Waals surface area contributed by atoms with E-state index in [0.29, 0.717) is 37.1 Å². The van der Waals surface area contributed by atoms with E-state index in [0.717, 1.165) is 30.4 Å². The maximum atomic E-state index is 13.4. The first-order valence-corrected chi connectivity index (χ1v) is 13.6. The molecular formula is C29H35ClO6. The Labute approximate surface area is 217 Å². The van der Waals surface area contributed by atoms with Crippen LogP contribution in [0.5, 0.6) is 0 Å². The number of alkyl halides is 1. The number of ketones is 2. The van der Waals surface area contributed by atoms with Gasteiger partial charge in [0.1, 0.15) is 5.60 Å². The van der Waals surface area contributed by atoms with E-state index in [9.17, 15) is 24.6 Å². The van der Waals surface area contributed by atoms with Crippen LogP contribution in [0.4, 0.5) is 0 Å². The summed E-state index contributed by atoms with van der Waals surface area (Å²) in [6, 6.07) is 6.67. The first-order valence-electron chi connectivity index (χ1n) is 13.0. The lowest BCUT2D eigenvalue weighted by Gasteiger charge is -2.60. The molecule has 0 unspecified atom stereocenters. The zero-order valence-corrected chi connectivity index (χ0v) is 21.7. The van der Waals surface area contributed by atoms with Crippen molar-refractivity contribution in [2.24, 2.45) is 28.6 Å². The number of benzene rings is 1. The molecule has 2 N–H and O–H groups in total. The molecule has 7 heteroatoms. The van der Waals surface area contributed by atoms with E-state index in [1.54, 1.807) is 30.3 Å². The number of hydrogen-bond donors (Lipinski definition) is 2. The van der Waals surface area contributed by atoms with Gasteiger partial charge < -0.3 is 14.9 Å². The predicted octanol–water partition coefficient (Wildman–Crippen LogP) is 4.39. The number of rotatable bonds is 5. The Morgan fingerprint density at radius 3 is 2.53 bits per heavy atom. The number of ether oxygens (including phenoxy) is 1. The summed E-state index contributed by atoms with van der Waals surface area (Å²) in [5.41, 5.74) is -0.348. The average Bonchev–Trinajstić information content (AvgIpc) is 3.13. The molecule has 0 saturated heterocycles. The Kier molecular flexibility index (Phi) is 6.46. The highest BCUT2D eigenvalue weighted by Crippen LogP contribution is 2.67. The number of aliphatic hydroxyl groups excluding tert-OH is 1. The first kappa shape index (κ1) is 25.6. The molecule has 3 saturated carbocycles. The van der Waals surface area contributed by atoms with E-state index in [1.165, 1.54) is 0 Å². The Balaban J connectivity index is 1.33. The van der Waals surface area contributed by atoms with Crippen molar-refractivity contribution in [1.29, 1.82) is 0 Å². The fraction of sp³-hybridized carbons (Fsp3) is 0.621. The van der Waals surface area contributed by atoms with Gasteiger partial charge in [-0.05, 0) is 85.5 Å². The van der Waals surface area contributed by atoms with Crippen LogP contribution in [0.1, 0.15) is 74.7 Å². The third kappa shape index (κ3) is 3.79. The second-order valence-corrected chi connectivity index (χ2v) is 12.1. The SMILES string of the molecule is C[C@]12CCC(=O)C=C1CC[C@@H]1[C@@H]2[C@@H](O)C[C@@]2(C)[C@H]1CC[C@]2(O)C(=O)COC(=O)c1ccc(CCl)cc1. The van der Waals surface area contributed by atoms with Crippen LogP contribution in [0, 0.1) is 28.6 Å². The van der Waals surface area contributed by atoms with Gasteiger partial charge in [0, 0.05) is 17.7 Å². The van der Waals surface area contributed by atoms with Crippen molar-refractivity contribution in [3.63, 3.8) is 0 Å². The minimum absolute atomic E-state index is 0.00918. The van der Waals surface area contributed by atoms with Crippen molar-refractivity contribution in [2.45, 2.75) is 76.4 Å². The number of carbonyl (C=O) groups excluding carboxylic acids is 3. The van der Waals surface area contributed by atoms with Crippen molar-refractivity contribution in [2.75, 3.05) is 6.61 Å². The molecule has 1 aromatic carbocycles. The molecule has 3 fully saturated rings. The molecule has 36 heavy (non-hydrogen) atoms. The number of aliphatic hydroxyl groups is 2. The fourth-order valence-corrected chi connectivity index (χ4v) is 8.39. The molecule has 0 aliphatic heterocycles. The molecule has 0 spiro atoms. The van der Waals surface area contributed by atoms with Gasteiger partial charge in [0.15, 0.2) is 12.4 Å². The van der Waals surface area contributed by atoms with Crippen LogP contribution in [0.2, 0.25) is 0 Å². The minimum atomic E-state index is -1.66. The largest absolute Gasteiger partial charge is 0.454 e. The van der Waals surface area contributed by atoms with Gasteiger partial charge >= 0.3 is 5.97 Å². The smallest absolute Gasteiger partial charge is 0.338 e. The van der Waals surface area contributed by atoms with E-state index in [4.69, 9.17) is 16.3 Å². The lowest BCUT2D eigenvalue weighted by molar-refractivity contribution is -0.182. The number of allylic oxidation sites excluding steroid dienone is 1. The molecule has 5 rings (SSSR count). The van der Waals surface area contributed by atoms with Crippen molar-refractivity contribution < 1.29 is 29.3 Å². The highest BCUT2D eigenvalue weighted by atomic mass is 35.5. The predicted molar refractivity (Wildman–Crippen MR) is 134 cm³/mol. The third-order valence-electron chi connectivity index (χ3n) is 10.2. The molecule has 7 atom stereocenters. The number of halogens is 1. The van der Waals surface area contributed by atoms with Gasteiger partial charge in [0.2, 0.25) is 5.78 Å². The summed E-state index contributed by atoms with van der Waals surface area (Å²) < 4.78 is 5.31. The molecular weight excluding hydrogens is 480 g/mol. The van der Waals surface area contributed by atoms with Crippen LogP contribution in [0.25, 0.3) is 0 Å². The maximum Gasteiger partial charge on any atom is 0.338 e. The Morgan fingerprint density at radius 1 is 1.11 bits per heavy atom. The van der Waals surface area contributed by atoms with E-state index < -0.39 is 35.5 Å². The third-order valence-corrected chi connectivity index (χ3v) is 10.5. The lowest BCUT2D eigenvalue weighted by Crippen LogP contribution is -2.62. The van der Waals surface area contributed by atoms with Gasteiger partial charge in [-0.1, -0.05) is 31.6 Å². The van der Waals surface area contributed by atoms with Gasteiger partial charge in [0.25, 0.3) is 0 Å². The van der Waals surface area contributed by atoms with Crippen LogP contribution in [-0.4, -0.2) is 46.1 Å². The minimum Gasteiger partial charge on any atom is -0.454 e. The Morgan fingerprint density at radius 2 is 1.83 bits per heavy atom. The van der Waals surface area contributed by atoms with E-state index in [1.807, 2.05) is 6.92 Å². The highest BCUT2D eigenvalue weighted by Gasteiger charge is 2.68. The van der Waals surface area contributed by atoms with E-state index >= 15 is 0 Å². The molecule has 0 radical (unpaired) electrons. The van der Waals surface area contributed by atoms with Gasteiger partial charge in [-0.2, -0.15) is 0 Å². The Hall–Kier alpha value is -2.02. The number of esters is 1. The normalized spacial score (nSPS) is 39.5. The Bertz CT molecular complexity index is 1110. The number of fused-ring (bicyclic) bond motifs is 5. The maximum absolute atomic E-state index is 13.4. The molecule has 0 heterocycles. The van der Waals surface area contributed by atoms with Crippen LogP contribution >= 0.6 is 11.6 Å². The summed E-state index contributed by atoms with van der Waals surface area (Å²) in [5.74, 6) is -0.369. The topological polar surface area (TPSA) is 101 Å². The molecule has 4 aliphatic carbocycles. The van der Waals surface area contributed by atoms with Crippen LogP contribution in [0.3, 0.4) is 0 Å². The summed E-state index contributed by atoms with van der Waals surface area (Å²) in [5, 5.41) is 23.3. The molecule has 0 bridgehead atoms. The van der Waals surface area contributed by atoms with Crippen molar-refractivity contribution in [1.82, 2.24) is 0 Å². The van der Waals surface area contributed by atoms with Crippen LogP contribution in [-0.2, 0) is 20.2 Å². The second-order valence-electron chi connectivity index (χ2n) is 11.8. The summed E-state index contributed by atoms with van der Waals surface area (Å²) >= 11 is 5.80. The fourth-order valence-electron chi connectivity index (χ4n) is 8.21. The van der Waals surface area contributed by atoms with Gasteiger partial charge in [0.05, 0.1) is 11.7 Å². The molecule has 194 valence electrons. The van der Waals surface area contributed by atoms with E-state index in [2.05, 4.69) is 6.92 Å². The standard InChI is InChI=1S/C29H35ClO6/c1-27-11-9-20(31)13-19(27)7-8-21-22-10-12-29(35,28(22,2)14-23(32)25(21)27)24(33)16-36-26(34)18-5-3-17(15-30)4-6-18/h3-6,13,21-23,25,32,35H,7-12,14-16H2,1-2H3/t21-,22-,23-,25+,27-,28-,29-/m0/s1. The van der Waals surface area contributed by atoms with Crippen molar-refractivity contribution >= 4 is 29.1 Å². The molecule has 6 nitrogen and oxygen atoms in total. The second kappa shape index (κ2) is 9.07. The molecule has 1 aromatic rings. The first-order chi connectivity index (χ1) is 17.0. The monoisotopic (exact) mass is 514 g/mol. The van der Waals surface area contributed by atoms with Crippen LogP contribution in [0.15, 0.2) is 35.9 Å². The zero-order valence-electron chi connectivity index (χ0n) is 21.0. The number of Topliss-reactive ketones (excluding diaryl/α,β-unsaturated/α-hetero) is 1. The number of hydrogen-bond acceptors (Lipinski definition) is 6. The van der Waals surface area contributed by atoms with Crippen LogP contribution < -0.4 is 0 Å². The lowest BCUT2D eigenvalue weighted by atomic mass is 9.45. The number of carbonyl (C=O) groups is 3. The summed E-state index contributed by atoms with van der Waals surface area (Å²) in [6.45, 7) is 3.60. The van der Waals surface area contributed by atoms with Gasteiger partial charge in [-0.15, -0.1) is 11.6 Å². The van der Waals surface area contributed by atoms with Gasteiger partial charge in [-0.3, -0.25) is 9.59 Å². The molecule has 4 aliphatic rings. The van der Waals surface area contributed by atoms with Crippen molar-refractivity contribution in [3.8, 4) is 0 Å². The van der Waals surface area contributed by atoms with Crippen molar-refractivity contribution in [3.05, 3.63) is 47.0 Å². The van der Waals surface area contributed by atoms with E-state index in [-0.39, 0.29) is 29.0 Å². The summed E-state index contributed by atoms with van der Waals surface area (Å²) in [4.78, 5) is 38.0. The quantitative estimate of drug-likeness (QED) is 0.446. The molecule has 0 amide bonds. The molecule has 0 aromatic heterocycles. The summed E-state index contributed by atoms with van der Waals surface area (Å²) in [6.07, 6.45) is 5.31. The highest BCUT2D eigenvalue weighted by molar-refractivity contribution is 6.17. The zero-order chi connectivity index (χ0) is 25.9.